The number of hydrogen-bond acceptors (Lipinski definition) is 3. The molecule has 2 aliphatic rings. The highest BCUT2D eigenvalue weighted by atomic mass is 16.5. The fraction of sp³-hybridized carbons (Fsp3) is 0.500. The van der Waals surface area contributed by atoms with Crippen molar-refractivity contribution in [1.29, 1.82) is 0 Å². The first kappa shape index (κ1) is 13.3. The summed E-state index contributed by atoms with van der Waals surface area (Å²) in [4.78, 5) is 18.5. The standard InChI is InChI=1S/C16H20N2O2/c1-12-6-10-20-15(12)16(19)18-9-2-3-14(11-18)13-4-7-17-8-5-13/h3-5,7-8,12,15H,2,6,9-11H2,1H3/t12-,15+/m1/s1. The maximum atomic E-state index is 12.5. The second-order valence-corrected chi connectivity index (χ2v) is 5.57. The van der Waals surface area contributed by atoms with Crippen molar-refractivity contribution in [2.45, 2.75) is 25.9 Å². The van der Waals surface area contributed by atoms with Crippen molar-refractivity contribution in [2.24, 2.45) is 5.92 Å². The molecule has 1 aromatic heterocycles. The molecule has 2 aliphatic heterocycles. The van der Waals surface area contributed by atoms with Gasteiger partial charge in [-0.1, -0.05) is 13.0 Å². The van der Waals surface area contributed by atoms with Gasteiger partial charge in [-0.25, -0.2) is 0 Å². The molecular formula is C16H20N2O2. The zero-order valence-corrected chi connectivity index (χ0v) is 11.8. The Kier molecular flexibility index (Phi) is 3.83. The maximum Gasteiger partial charge on any atom is 0.252 e. The van der Waals surface area contributed by atoms with Crippen LogP contribution in [0.4, 0.5) is 0 Å². The van der Waals surface area contributed by atoms with E-state index in [-0.39, 0.29) is 12.0 Å². The van der Waals surface area contributed by atoms with Gasteiger partial charge in [0.1, 0.15) is 6.10 Å². The summed E-state index contributed by atoms with van der Waals surface area (Å²) in [6.07, 6.45) is 7.45. The maximum absolute atomic E-state index is 12.5. The quantitative estimate of drug-likeness (QED) is 0.828. The number of nitrogens with zero attached hydrogens (tertiary/aromatic N) is 2. The largest absolute Gasteiger partial charge is 0.368 e. The smallest absolute Gasteiger partial charge is 0.252 e. The lowest BCUT2D eigenvalue weighted by atomic mass is 9.99. The van der Waals surface area contributed by atoms with E-state index in [4.69, 9.17) is 4.74 Å². The van der Waals surface area contributed by atoms with E-state index in [1.807, 2.05) is 17.0 Å². The number of carbonyl (C=O) groups excluding carboxylic acids is 1. The fourth-order valence-corrected chi connectivity index (χ4v) is 2.90. The van der Waals surface area contributed by atoms with Crippen molar-refractivity contribution in [3.63, 3.8) is 0 Å². The number of carbonyl (C=O) groups is 1. The number of amides is 1. The topological polar surface area (TPSA) is 42.4 Å². The van der Waals surface area contributed by atoms with Crippen molar-refractivity contribution < 1.29 is 9.53 Å². The van der Waals surface area contributed by atoms with Crippen molar-refractivity contribution in [2.75, 3.05) is 19.7 Å². The first-order valence-corrected chi connectivity index (χ1v) is 7.25. The van der Waals surface area contributed by atoms with E-state index in [1.165, 1.54) is 5.57 Å². The molecule has 2 atom stereocenters. The summed E-state index contributed by atoms with van der Waals surface area (Å²) < 4.78 is 5.60. The van der Waals surface area contributed by atoms with Crippen LogP contribution >= 0.6 is 0 Å². The Morgan fingerprint density at radius 3 is 2.90 bits per heavy atom. The second kappa shape index (κ2) is 5.75. The van der Waals surface area contributed by atoms with Crippen LogP contribution in [-0.2, 0) is 9.53 Å². The molecule has 4 nitrogen and oxygen atoms in total. The van der Waals surface area contributed by atoms with Crippen LogP contribution in [0.5, 0.6) is 0 Å². The molecule has 0 radical (unpaired) electrons. The zero-order chi connectivity index (χ0) is 13.9. The Hall–Kier alpha value is -1.68. The second-order valence-electron chi connectivity index (χ2n) is 5.57. The summed E-state index contributed by atoms with van der Waals surface area (Å²) in [5.74, 6) is 0.479. The lowest BCUT2D eigenvalue weighted by Crippen LogP contribution is -2.43. The highest BCUT2D eigenvalue weighted by molar-refractivity contribution is 5.84. The van der Waals surface area contributed by atoms with E-state index in [9.17, 15) is 4.79 Å². The SMILES string of the molecule is C[C@@H]1CCO[C@@H]1C(=O)N1CCC=C(c2ccncc2)C1. The van der Waals surface area contributed by atoms with Crippen LogP contribution < -0.4 is 0 Å². The van der Waals surface area contributed by atoms with Gasteiger partial charge in [-0.15, -0.1) is 0 Å². The van der Waals surface area contributed by atoms with E-state index in [2.05, 4.69) is 18.0 Å². The summed E-state index contributed by atoms with van der Waals surface area (Å²) in [5, 5.41) is 0. The number of hydrogen-bond donors (Lipinski definition) is 0. The molecule has 1 amide bonds. The molecule has 3 rings (SSSR count). The number of aromatic nitrogens is 1. The van der Waals surface area contributed by atoms with Gasteiger partial charge in [0, 0.05) is 32.1 Å². The Labute approximate surface area is 119 Å². The average Bonchev–Trinajstić information content (AvgIpc) is 2.94. The van der Waals surface area contributed by atoms with Crippen LogP contribution in [0.2, 0.25) is 0 Å². The molecule has 0 N–H and O–H groups in total. The summed E-state index contributed by atoms with van der Waals surface area (Å²) in [5.41, 5.74) is 2.36. The Balaban J connectivity index is 1.71. The van der Waals surface area contributed by atoms with Crippen molar-refractivity contribution in [3.05, 3.63) is 36.2 Å². The van der Waals surface area contributed by atoms with Gasteiger partial charge in [0.2, 0.25) is 0 Å². The summed E-state index contributed by atoms with van der Waals surface area (Å²) >= 11 is 0. The molecule has 20 heavy (non-hydrogen) atoms. The summed E-state index contributed by atoms with van der Waals surface area (Å²) in [6.45, 7) is 4.27. The minimum atomic E-state index is -0.244. The van der Waals surface area contributed by atoms with E-state index in [1.54, 1.807) is 12.4 Å². The van der Waals surface area contributed by atoms with Crippen LogP contribution in [-0.4, -0.2) is 41.6 Å². The third kappa shape index (κ3) is 2.61. The molecule has 3 heterocycles. The Bertz CT molecular complexity index is 512. The fourth-order valence-electron chi connectivity index (χ4n) is 2.90. The van der Waals surface area contributed by atoms with Crippen molar-refractivity contribution in [1.82, 2.24) is 9.88 Å². The van der Waals surface area contributed by atoms with Gasteiger partial charge in [0.15, 0.2) is 0 Å². The molecule has 106 valence electrons. The van der Waals surface area contributed by atoms with Crippen molar-refractivity contribution in [3.8, 4) is 0 Å². The number of ether oxygens (including phenoxy) is 1. The van der Waals surface area contributed by atoms with E-state index < -0.39 is 0 Å². The Morgan fingerprint density at radius 2 is 2.20 bits per heavy atom. The molecule has 1 aromatic rings. The van der Waals surface area contributed by atoms with Gasteiger partial charge in [0.05, 0.1) is 0 Å². The lowest BCUT2D eigenvalue weighted by molar-refractivity contribution is -0.141. The van der Waals surface area contributed by atoms with Gasteiger partial charge in [0.25, 0.3) is 5.91 Å². The van der Waals surface area contributed by atoms with E-state index in [0.29, 0.717) is 19.1 Å². The molecule has 4 heteroatoms. The molecule has 0 unspecified atom stereocenters. The van der Waals surface area contributed by atoms with Gasteiger partial charge in [-0.3, -0.25) is 9.78 Å². The molecule has 0 saturated carbocycles. The normalized spacial score (nSPS) is 26.4. The van der Waals surface area contributed by atoms with Gasteiger partial charge in [-0.2, -0.15) is 0 Å². The summed E-state index contributed by atoms with van der Waals surface area (Å²) in [7, 11) is 0. The molecule has 1 saturated heterocycles. The highest BCUT2D eigenvalue weighted by Crippen LogP contribution is 2.25. The lowest BCUT2D eigenvalue weighted by Gasteiger charge is -2.30. The first-order valence-electron chi connectivity index (χ1n) is 7.25. The van der Waals surface area contributed by atoms with Gasteiger partial charge < -0.3 is 9.64 Å². The van der Waals surface area contributed by atoms with Crippen LogP contribution in [0.1, 0.15) is 25.3 Å². The van der Waals surface area contributed by atoms with Crippen LogP contribution in [0, 0.1) is 5.92 Å². The van der Waals surface area contributed by atoms with Gasteiger partial charge in [-0.05, 0) is 42.0 Å². The third-order valence-corrected chi connectivity index (χ3v) is 4.14. The van der Waals surface area contributed by atoms with E-state index >= 15 is 0 Å². The van der Waals surface area contributed by atoms with Crippen LogP contribution in [0.15, 0.2) is 30.6 Å². The average molecular weight is 272 g/mol. The zero-order valence-electron chi connectivity index (χ0n) is 11.8. The number of pyridine rings is 1. The van der Waals surface area contributed by atoms with Crippen LogP contribution in [0.25, 0.3) is 5.57 Å². The molecule has 1 fully saturated rings. The van der Waals surface area contributed by atoms with Crippen molar-refractivity contribution >= 4 is 11.5 Å². The van der Waals surface area contributed by atoms with Crippen LogP contribution in [0.3, 0.4) is 0 Å². The first-order chi connectivity index (χ1) is 9.75. The summed E-state index contributed by atoms with van der Waals surface area (Å²) in [6, 6.07) is 3.99. The molecule has 0 aliphatic carbocycles. The van der Waals surface area contributed by atoms with Gasteiger partial charge >= 0.3 is 0 Å². The predicted octanol–water partition coefficient (Wildman–Crippen LogP) is 2.12. The Morgan fingerprint density at radius 1 is 1.40 bits per heavy atom. The number of rotatable bonds is 2. The molecule has 0 spiro atoms. The van der Waals surface area contributed by atoms with E-state index in [0.717, 1.165) is 24.9 Å². The minimum Gasteiger partial charge on any atom is -0.368 e. The predicted molar refractivity (Wildman–Crippen MR) is 76.9 cm³/mol. The highest BCUT2D eigenvalue weighted by Gasteiger charge is 2.34. The molecule has 0 aromatic carbocycles. The molecular weight excluding hydrogens is 252 g/mol. The third-order valence-electron chi connectivity index (χ3n) is 4.14. The monoisotopic (exact) mass is 272 g/mol. The molecule has 0 bridgehead atoms. The minimum absolute atomic E-state index is 0.148.